The predicted molar refractivity (Wildman–Crippen MR) is 107 cm³/mol. The molecule has 1 amide bonds. The van der Waals surface area contributed by atoms with Gasteiger partial charge in [0.1, 0.15) is 5.82 Å². The van der Waals surface area contributed by atoms with E-state index in [1.54, 1.807) is 18.2 Å². The Labute approximate surface area is 161 Å². The van der Waals surface area contributed by atoms with Crippen molar-refractivity contribution in [3.8, 4) is 11.1 Å². The molecule has 0 atom stereocenters. The summed E-state index contributed by atoms with van der Waals surface area (Å²) in [5.74, 6) is -0.331. The number of hydrogen-bond acceptors (Lipinski definition) is 3. The Kier molecular flexibility index (Phi) is 5.92. The average Bonchev–Trinajstić information content (AvgIpc) is 2.67. The summed E-state index contributed by atoms with van der Waals surface area (Å²) in [5, 5.41) is 3.11. The number of likely N-dealkylation sites (N-methyl/N-ethyl adjacent to an activating group) is 1. The molecule has 1 heterocycles. The van der Waals surface area contributed by atoms with Crippen LogP contribution in [0, 0.1) is 5.82 Å². The smallest absolute Gasteiger partial charge is 0.251 e. The standard InChI is InChI=1S/C22H28FN3O/c1-25(2)22(11-13-26(3)14-12-22)16-24-21(27)18-9-7-17(8-10-18)19-5-4-6-20(23)15-19/h4-10,15H,11-14,16H2,1-3H3,(H,24,27). The van der Waals surface area contributed by atoms with Gasteiger partial charge >= 0.3 is 0 Å². The fraction of sp³-hybridized carbons (Fsp3) is 0.409. The van der Waals surface area contributed by atoms with E-state index in [1.165, 1.54) is 12.1 Å². The molecule has 2 aromatic rings. The maximum atomic E-state index is 13.4. The number of nitrogens with one attached hydrogen (secondary N) is 1. The summed E-state index contributed by atoms with van der Waals surface area (Å²) in [7, 11) is 6.31. The number of piperidine rings is 1. The van der Waals surface area contributed by atoms with Crippen LogP contribution in [0.5, 0.6) is 0 Å². The van der Waals surface area contributed by atoms with E-state index in [4.69, 9.17) is 0 Å². The van der Waals surface area contributed by atoms with E-state index in [-0.39, 0.29) is 17.3 Å². The van der Waals surface area contributed by atoms with Crippen molar-refractivity contribution in [3.63, 3.8) is 0 Å². The molecule has 1 fully saturated rings. The first-order valence-corrected chi connectivity index (χ1v) is 9.40. The van der Waals surface area contributed by atoms with Crippen molar-refractivity contribution in [2.24, 2.45) is 0 Å². The number of likely N-dealkylation sites (tertiary alicyclic amines) is 1. The van der Waals surface area contributed by atoms with Crippen molar-refractivity contribution in [2.75, 3.05) is 40.8 Å². The first kappa shape index (κ1) is 19.5. The molecule has 27 heavy (non-hydrogen) atoms. The van der Waals surface area contributed by atoms with Gasteiger partial charge in [-0.05, 0) is 82.5 Å². The number of halogens is 1. The van der Waals surface area contributed by atoms with Gasteiger partial charge in [-0.15, -0.1) is 0 Å². The first-order valence-electron chi connectivity index (χ1n) is 9.40. The van der Waals surface area contributed by atoms with Crippen LogP contribution in [-0.2, 0) is 0 Å². The molecule has 0 spiro atoms. The van der Waals surface area contributed by atoms with Crippen LogP contribution < -0.4 is 5.32 Å². The SMILES string of the molecule is CN1CCC(CNC(=O)c2ccc(-c3cccc(F)c3)cc2)(N(C)C)CC1. The van der Waals surface area contributed by atoms with Gasteiger partial charge in [-0.1, -0.05) is 24.3 Å². The van der Waals surface area contributed by atoms with Crippen LogP contribution in [0.4, 0.5) is 4.39 Å². The van der Waals surface area contributed by atoms with Crippen LogP contribution in [0.25, 0.3) is 11.1 Å². The fourth-order valence-electron chi connectivity index (χ4n) is 3.65. The van der Waals surface area contributed by atoms with Crippen LogP contribution in [0.3, 0.4) is 0 Å². The lowest BCUT2D eigenvalue weighted by Crippen LogP contribution is -2.57. The van der Waals surface area contributed by atoms with Crippen LogP contribution in [-0.4, -0.2) is 62.0 Å². The third kappa shape index (κ3) is 4.54. The van der Waals surface area contributed by atoms with E-state index in [0.29, 0.717) is 12.1 Å². The minimum absolute atomic E-state index is 0.00365. The van der Waals surface area contributed by atoms with E-state index in [9.17, 15) is 9.18 Å². The van der Waals surface area contributed by atoms with Gasteiger partial charge in [0, 0.05) is 17.6 Å². The Hall–Kier alpha value is -2.24. The summed E-state index contributed by atoms with van der Waals surface area (Å²) in [6.07, 6.45) is 2.07. The highest BCUT2D eigenvalue weighted by Crippen LogP contribution is 2.26. The zero-order chi connectivity index (χ0) is 19.4. The van der Waals surface area contributed by atoms with Crippen LogP contribution >= 0.6 is 0 Å². The highest BCUT2D eigenvalue weighted by Gasteiger charge is 2.36. The van der Waals surface area contributed by atoms with Crippen molar-refractivity contribution < 1.29 is 9.18 Å². The van der Waals surface area contributed by atoms with Gasteiger partial charge in [0.15, 0.2) is 0 Å². The van der Waals surface area contributed by atoms with Crippen molar-refractivity contribution in [1.82, 2.24) is 15.1 Å². The van der Waals surface area contributed by atoms with Crippen LogP contribution in [0.2, 0.25) is 0 Å². The van der Waals surface area contributed by atoms with Gasteiger partial charge in [0.25, 0.3) is 5.91 Å². The summed E-state index contributed by atoms with van der Waals surface area (Å²) in [5.41, 5.74) is 2.33. The van der Waals surface area contributed by atoms with E-state index in [2.05, 4.69) is 36.3 Å². The molecule has 144 valence electrons. The number of nitrogens with zero attached hydrogens (tertiary/aromatic N) is 2. The molecule has 1 aliphatic heterocycles. The molecule has 5 heteroatoms. The van der Waals surface area contributed by atoms with Crippen LogP contribution in [0.15, 0.2) is 48.5 Å². The molecule has 0 bridgehead atoms. The van der Waals surface area contributed by atoms with Crippen molar-refractivity contribution >= 4 is 5.91 Å². The molecule has 1 saturated heterocycles. The lowest BCUT2D eigenvalue weighted by Gasteiger charge is -2.45. The third-order valence-corrected chi connectivity index (χ3v) is 5.75. The van der Waals surface area contributed by atoms with Gasteiger partial charge < -0.3 is 15.1 Å². The molecule has 3 rings (SSSR count). The van der Waals surface area contributed by atoms with Gasteiger partial charge in [0.2, 0.25) is 0 Å². The van der Waals surface area contributed by atoms with Gasteiger partial charge in [0.05, 0.1) is 0 Å². The molecule has 1 aliphatic rings. The number of carbonyl (C=O) groups excluding carboxylic acids is 1. The first-order chi connectivity index (χ1) is 12.9. The van der Waals surface area contributed by atoms with E-state index < -0.39 is 0 Å². The molecule has 0 saturated carbocycles. The molecule has 0 aliphatic carbocycles. The normalized spacial score (nSPS) is 17.1. The zero-order valence-corrected chi connectivity index (χ0v) is 16.3. The minimum atomic E-state index is -0.263. The maximum absolute atomic E-state index is 13.4. The summed E-state index contributed by atoms with van der Waals surface area (Å²) in [6.45, 7) is 2.71. The highest BCUT2D eigenvalue weighted by atomic mass is 19.1. The second kappa shape index (κ2) is 8.19. The lowest BCUT2D eigenvalue weighted by atomic mass is 9.86. The molecular formula is C22H28FN3O. The Balaban J connectivity index is 1.65. The van der Waals surface area contributed by atoms with E-state index in [1.807, 2.05) is 18.2 Å². The Morgan fingerprint density at radius 1 is 1.11 bits per heavy atom. The summed E-state index contributed by atoms with van der Waals surface area (Å²) in [4.78, 5) is 17.2. The lowest BCUT2D eigenvalue weighted by molar-refractivity contribution is 0.0612. The van der Waals surface area contributed by atoms with Crippen molar-refractivity contribution in [3.05, 3.63) is 59.9 Å². The van der Waals surface area contributed by atoms with Gasteiger partial charge in [-0.2, -0.15) is 0 Å². The van der Waals surface area contributed by atoms with Gasteiger partial charge in [-0.25, -0.2) is 4.39 Å². The summed E-state index contributed by atoms with van der Waals surface area (Å²) < 4.78 is 13.4. The quantitative estimate of drug-likeness (QED) is 0.879. The highest BCUT2D eigenvalue weighted by molar-refractivity contribution is 5.94. The van der Waals surface area contributed by atoms with E-state index in [0.717, 1.165) is 37.1 Å². The van der Waals surface area contributed by atoms with Crippen LogP contribution in [0.1, 0.15) is 23.2 Å². The molecule has 0 aromatic heterocycles. The Bertz CT molecular complexity index is 780. The summed E-state index contributed by atoms with van der Waals surface area (Å²) in [6, 6.07) is 13.8. The van der Waals surface area contributed by atoms with Gasteiger partial charge in [-0.3, -0.25) is 4.79 Å². The predicted octanol–water partition coefficient (Wildman–Crippen LogP) is 3.25. The Morgan fingerprint density at radius 3 is 2.37 bits per heavy atom. The minimum Gasteiger partial charge on any atom is -0.350 e. The summed E-state index contributed by atoms with van der Waals surface area (Å²) >= 11 is 0. The number of carbonyl (C=O) groups is 1. The fourth-order valence-corrected chi connectivity index (χ4v) is 3.65. The monoisotopic (exact) mass is 369 g/mol. The molecule has 0 unspecified atom stereocenters. The number of hydrogen-bond donors (Lipinski definition) is 1. The molecular weight excluding hydrogens is 341 g/mol. The van der Waals surface area contributed by atoms with Crippen molar-refractivity contribution in [1.29, 1.82) is 0 Å². The largest absolute Gasteiger partial charge is 0.350 e. The second-order valence-electron chi connectivity index (χ2n) is 7.69. The Morgan fingerprint density at radius 2 is 1.78 bits per heavy atom. The third-order valence-electron chi connectivity index (χ3n) is 5.75. The average molecular weight is 369 g/mol. The number of benzene rings is 2. The topological polar surface area (TPSA) is 35.6 Å². The van der Waals surface area contributed by atoms with Crippen molar-refractivity contribution in [2.45, 2.75) is 18.4 Å². The molecule has 2 aromatic carbocycles. The maximum Gasteiger partial charge on any atom is 0.251 e. The zero-order valence-electron chi connectivity index (χ0n) is 16.3. The molecule has 0 radical (unpaired) electrons. The number of amides is 1. The second-order valence-corrected chi connectivity index (χ2v) is 7.69. The number of rotatable bonds is 5. The molecule has 4 nitrogen and oxygen atoms in total. The van der Waals surface area contributed by atoms with E-state index >= 15 is 0 Å². The molecule has 1 N–H and O–H groups in total.